The third-order valence-corrected chi connectivity index (χ3v) is 4.76. The second-order valence-corrected chi connectivity index (χ2v) is 7.32. The van der Waals surface area contributed by atoms with Crippen LogP contribution in [0.4, 0.5) is 29.3 Å². The van der Waals surface area contributed by atoms with E-state index in [1.165, 1.54) is 12.1 Å². The SMILES string of the molecule is C[C@@H]1CC(C)(C)N(C(=O)Nc2cccc(C(F)(F)F)c2)c2ccccc21. The van der Waals surface area contributed by atoms with E-state index in [1.807, 2.05) is 38.1 Å². The lowest BCUT2D eigenvalue weighted by Gasteiger charge is -2.45. The van der Waals surface area contributed by atoms with E-state index >= 15 is 0 Å². The molecule has 0 saturated carbocycles. The predicted octanol–water partition coefficient (Wildman–Crippen LogP) is 6.03. The zero-order valence-electron chi connectivity index (χ0n) is 14.9. The van der Waals surface area contributed by atoms with E-state index in [0.29, 0.717) is 5.92 Å². The molecule has 0 bridgehead atoms. The standard InChI is InChI=1S/C20H21F3N2O/c1-13-12-19(2,3)25(17-10-5-4-9-16(13)17)18(26)24-15-8-6-7-14(11-15)20(21,22)23/h4-11,13H,12H2,1-3H3,(H,24,26)/t13-/m1/s1. The summed E-state index contributed by atoms with van der Waals surface area (Å²) in [7, 11) is 0. The van der Waals surface area contributed by atoms with Gasteiger partial charge in [-0.05, 0) is 56.0 Å². The van der Waals surface area contributed by atoms with Crippen LogP contribution in [0.15, 0.2) is 48.5 Å². The molecular weight excluding hydrogens is 341 g/mol. The van der Waals surface area contributed by atoms with E-state index in [2.05, 4.69) is 12.2 Å². The molecule has 2 aromatic rings. The molecule has 0 spiro atoms. The Morgan fingerprint density at radius 3 is 2.54 bits per heavy atom. The predicted molar refractivity (Wildman–Crippen MR) is 96.5 cm³/mol. The van der Waals surface area contributed by atoms with Gasteiger partial charge < -0.3 is 5.32 Å². The number of amides is 2. The van der Waals surface area contributed by atoms with Gasteiger partial charge in [0, 0.05) is 16.9 Å². The summed E-state index contributed by atoms with van der Waals surface area (Å²) in [5, 5.41) is 2.62. The van der Waals surface area contributed by atoms with Crippen LogP contribution in [0.1, 0.15) is 44.2 Å². The molecule has 3 rings (SSSR count). The molecule has 1 heterocycles. The zero-order valence-corrected chi connectivity index (χ0v) is 14.9. The highest BCUT2D eigenvalue weighted by Crippen LogP contribution is 2.43. The molecule has 26 heavy (non-hydrogen) atoms. The summed E-state index contributed by atoms with van der Waals surface area (Å²) in [5.41, 5.74) is 0.727. The summed E-state index contributed by atoms with van der Waals surface area (Å²) < 4.78 is 38.7. The first kappa shape index (κ1) is 18.3. The van der Waals surface area contributed by atoms with Gasteiger partial charge in [0.05, 0.1) is 5.56 Å². The van der Waals surface area contributed by atoms with Crippen molar-refractivity contribution in [1.82, 2.24) is 0 Å². The van der Waals surface area contributed by atoms with Crippen LogP contribution in [-0.4, -0.2) is 11.6 Å². The zero-order chi connectivity index (χ0) is 19.1. The lowest BCUT2D eigenvalue weighted by molar-refractivity contribution is -0.137. The highest BCUT2D eigenvalue weighted by molar-refractivity contribution is 6.03. The van der Waals surface area contributed by atoms with Crippen molar-refractivity contribution >= 4 is 17.4 Å². The molecule has 1 atom stereocenters. The van der Waals surface area contributed by atoms with Gasteiger partial charge in [-0.1, -0.05) is 31.2 Å². The Morgan fingerprint density at radius 2 is 1.85 bits per heavy atom. The Hall–Kier alpha value is -2.50. The van der Waals surface area contributed by atoms with Gasteiger partial charge in [-0.3, -0.25) is 4.90 Å². The summed E-state index contributed by atoms with van der Waals surface area (Å²) in [6, 6.07) is 11.9. The number of carbonyl (C=O) groups is 1. The minimum atomic E-state index is -4.45. The molecule has 0 aliphatic carbocycles. The van der Waals surface area contributed by atoms with Crippen molar-refractivity contribution in [2.45, 2.75) is 44.8 Å². The normalized spacial score (nSPS) is 19.0. The molecule has 1 aliphatic rings. The fourth-order valence-electron chi connectivity index (χ4n) is 3.72. The van der Waals surface area contributed by atoms with E-state index in [4.69, 9.17) is 0 Å². The number of fused-ring (bicyclic) bond motifs is 1. The fourth-order valence-corrected chi connectivity index (χ4v) is 3.72. The average Bonchev–Trinajstić information content (AvgIpc) is 2.53. The van der Waals surface area contributed by atoms with Gasteiger partial charge >= 0.3 is 12.2 Å². The molecule has 0 radical (unpaired) electrons. The first-order valence-corrected chi connectivity index (χ1v) is 8.47. The van der Waals surface area contributed by atoms with E-state index < -0.39 is 23.3 Å². The second kappa shape index (κ2) is 6.34. The number of halogens is 3. The number of nitrogens with one attached hydrogen (secondary N) is 1. The number of nitrogens with zero attached hydrogens (tertiary/aromatic N) is 1. The summed E-state index contributed by atoms with van der Waals surface area (Å²) in [4.78, 5) is 14.6. The van der Waals surface area contributed by atoms with Gasteiger partial charge in [0.25, 0.3) is 0 Å². The van der Waals surface area contributed by atoms with Crippen molar-refractivity contribution in [2.24, 2.45) is 0 Å². The smallest absolute Gasteiger partial charge is 0.308 e. The Bertz CT molecular complexity index is 830. The molecule has 138 valence electrons. The number of hydrogen-bond acceptors (Lipinski definition) is 1. The van der Waals surface area contributed by atoms with Crippen LogP contribution in [-0.2, 0) is 6.18 Å². The summed E-state index contributed by atoms with van der Waals surface area (Å²) in [5.74, 6) is 0.291. The van der Waals surface area contributed by atoms with E-state index in [9.17, 15) is 18.0 Å². The number of benzene rings is 2. The maximum absolute atomic E-state index is 12.9. The molecule has 0 aromatic heterocycles. The van der Waals surface area contributed by atoms with Crippen LogP contribution < -0.4 is 10.2 Å². The van der Waals surface area contributed by atoms with Crippen molar-refractivity contribution in [3.05, 3.63) is 59.7 Å². The Balaban J connectivity index is 1.93. The van der Waals surface area contributed by atoms with E-state index in [0.717, 1.165) is 29.8 Å². The van der Waals surface area contributed by atoms with Gasteiger partial charge in [-0.25, -0.2) is 4.79 Å². The minimum absolute atomic E-state index is 0.122. The topological polar surface area (TPSA) is 32.3 Å². The van der Waals surface area contributed by atoms with Gasteiger partial charge in [-0.15, -0.1) is 0 Å². The molecule has 3 nitrogen and oxygen atoms in total. The number of hydrogen-bond donors (Lipinski definition) is 1. The average molecular weight is 362 g/mol. The first-order valence-electron chi connectivity index (χ1n) is 8.47. The van der Waals surface area contributed by atoms with Gasteiger partial charge in [-0.2, -0.15) is 13.2 Å². The number of rotatable bonds is 1. The van der Waals surface area contributed by atoms with Crippen molar-refractivity contribution in [3.63, 3.8) is 0 Å². The van der Waals surface area contributed by atoms with Gasteiger partial charge in [0.1, 0.15) is 0 Å². The minimum Gasteiger partial charge on any atom is -0.308 e. The molecule has 2 amide bonds. The third kappa shape index (κ3) is 3.41. The van der Waals surface area contributed by atoms with Crippen LogP contribution in [0.5, 0.6) is 0 Å². The van der Waals surface area contributed by atoms with Crippen molar-refractivity contribution < 1.29 is 18.0 Å². The molecule has 1 aliphatic heterocycles. The fraction of sp³-hybridized carbons (Fsp3) is 0.350. The molecule has 0 unspecified atom stereocenters. The number of anilines is 2. The largest absolute Gasteiger partial charge is 0.416 e. The first-order chi connectivity index (χ1) is 12.1. The third-order valence-electron chi connectivity index (χ3n) is 4.76. The maximum Gasteiger partial charge on any atom is 0.416 e. The van der Waals surface area contributed by atoms with Crippen LogP contribution in [0, 0.1) is 0 Å². The van der Waals surface area contributed by atoms with Crippen LogP contribution in [0.2, 0.25) is 0 Å². The van der Waals surface area contributed by atoms with Crippen LogP contribution in [0.3, 0.4) is 0 Å². The van der Waals surface area contributed by atoms with Crippen LogP contribution >= 0.6 is 0 Å². The van der Waals surface area contributed by atoms with Gasteiger partial charge in [0.2, 0.25) is 0 Å². The molecule has 0 saturated heterocycles. The lowest BCUT2D eigenvalue weighted by atomic mass is 9.80. The molecule has 2 aromatic carbocycles. The van der Waals surface area contributed by atoms with Crippen molar-refractivity contribution in [1.29, 1.82) is 0 Å². The Kier molecular flexibility index (Phi) is 4.46. The summed E-state index contributed by atoms with van der Waals surface area (Å²) in [6.45, 7) is 6.04. The van der Waals surface area contributed by atoms with Crippen molar-refractivity contribution in [2.75, 3.05) is 10.2 Å². The highest BCUT2D eigenvalue weighted by atomic mass is 19.4. The molecule has 0 fully saturated rings. The lowest BCUT2D eigenvalue weighted by Crippen LogP contribution is -2.53. The van der Waals surface area contributed by atoms with E-state index in [1.54, 1.807) is 4.90 Å². The molecule has 1 N–H and O–H groups in total. The van der Waals surface area contributed by atoms with Crippen molar-refractivity contribution in [3.8, 4) is 0 Å². The Morgan fingerprint density at radius 1 is 1.15 bits per heavy atom. The number of para-hydroxylation sites is 1. The van der Waals surface area contributed by atoms with E-state index in [-0.39, 0.29) is 5.69 Å². The quantitative estimate of drug-likeness (QED) is 0.660. The number of carbonyl (C=O) groups excluding carboxylic acids is 1. The maximum atomic E-state index is 12.9. The molecular formula is C20H21F3N2O. The van der Waals surface area contributed by atoms with Gasteiger partial charge in [0.15, 0.2) is 0 Å². The highest BCUT2D eigenvalue weighted by Gasteiger charge is 2.40. The summed E-state index contributed by atoms with van der Waals surface area (Å²) >= 11 is 0. The Labute approximate surface area is 150 Å². The number of urea groups is 1. The monoisotopic (exact) mass is 362 g/mol. The molecule has 6 heteroatoms. The summed E-state index contributed by atoms with van der Waals surface area (Å²) in [6.07, 6.45) is -3.69. The number of alkyl halides is 3. The second-order valence-electron chi connectivity index (χ2n) is 7.32. The van der Waals surface area contributed by atoms with Crippen LogP contribution in [0.25, 0.3) is 0 Å².